The van der Waals surface area contributed by atoms with Gasteiger partial charge in [0.1, 0.15) is 13.2 Å². The monoisotopic (exact) mass is 1110 g/mol. The summed E-state index contributed by atoms with van der Waals surface area (Å²) in [5, 5.41) is 0. The zero-order valence-corrected chi connectivity index (χ0v) is 53.7. The molecule has 79 heavy (non-hydrogen) atoms. The van der Waals surface area contributed by atoms with Crippen molar-refractivity contribution in [1.29, 1.82) is 0 Å². The van der Waals surface area contributed by atoms with Crippen molar-refractivity contribution in [2.45, 2.75) is 412 Å². The molecule has 6 heteroatoms. The SMILES string of the molecule is CCCCC/C=C\C/C=C\CCCCCCCC(=O)OCC(COC(=O)CCCCCCCCCCCCCCCCCCCCCCCCCCCCCCCC)OC(=O)CCCCCCCCCCCCCCCCCC. The van der Waals surface area contributed by atoms with E-state index in [4.69, 9.17) is 14.2 Å². The van der Waals surface area contributed by atoms with Crippen molar-refractivity contribution in [1.82, 2.24) is 0 Å². The van der Waals surface area contributed by atoms with Crippen molar-refractivity contribution in [2.24, 2.45) is 0 Å². The lowest BCUT2D eigenvalue weighted by Crippen LogP contribution is -2.30. The number of allylic oxidation sites excluding steroid dienone is 4. The molecule has 0 aromatic carbocycles. The molecule has 0 saturated heterocycles. The largest absolute Gasteiger partial charge is 0.462 e. The summed E-state index contributed by atoms with van der Waals surface area (Å²) in [5.74, 6) is -0.852. The number of hydrogen-bond acceptors (Lipinski definition) is 6. The van der Waals surface area contributed by atoms with Crippen LogP contribution in [-0.2, 0) is 28.6 Å². The zero-order valence-electron chi connectivity index (χ0n) is 53.7. The van der Waals surface area contributed by atoms with Crippen molar-refractivity contribution >= 4 is 17.9 Å². The van der Waals surface area contributed by atoms with E-state index in [1.165, 1.54) is 289 Å². The number of carbonyl (C=O) groups is 3. The molecule has 0 aromatic heterocycles. The Morgan fingerprint density at radius 1 is 0.253 bits per heavy atom. The minimum atomic E-state index is -0.774. The number of unbranched alkanes of at least 4 members (excludes halogenated alkanes) is 52. The van der Waals surface area contributed by atoms with E-state index in [0.717, 1.165) is 77.0 Å². The van der Waals surface area contributed by atoms with Crippen molar-refractivity contribution in [3.8, 4) is 0 Å². The van der Waals surface area contributed by atoms with Gasteiger partial charge in [0.05, 0.1) is 0 Å². The third-order valence-electron chi connectivity index (χ3n) is 16.5. The summed E-state index contributed by atoms with van der Waals surface area (Å²) in [5.41, 5.74) is 0. The van der Waals surface area contributed by atoms with Crippen molar-refractivity contribution in [3.63, 3.8) is 0 Å². The van der Waals surface area contributed by atoms with Gasteiger partial charge in [0.25, 0.3) is 0 Å². The van der Waals surface area contributed by atoms with Gasteiger partial charge in [-0.3, -0.25) is 14.4 Å². The first-order valence-corrected chi connectivity index (χ1v) is 35.8. The smallest absolute Gasteiger partial charge is 0.306 e. The minimum Gasteiger partial charge on any atom is -0.462 e. The van der Waals surface area contributed by atoms with E-state index in [2.05, 4.69) is 45.1 Å². The number of ether oxygens (including phenoxy) is 3. The first kappa shape index (κ1) is 76.9. The summed E-state index contributed by atoms with van der Waals surface area (Å²) >= 11 is 0. The van der Waals surface area contributed by atoms with E-state index in [0.29, 0.717) is 19.3 Å². The Bertz CT molecular complexity index is 1270. The third-order valence-corrected chi connectivity index (χ3v) is 16.5. The molecule has 0 aromatic rings. The second-order valence-electron chi connectivity index (χ2n) is 24.5. The molecule has 0 saturated carbocycles. The van der Waals surface area contributed by atoms with Gasteiger partial charge in [-0.15, -0.1) is 0 Å². The molecule has 6 nitrogen and oxygen atoms in total. The molecule has 0 radical (unpaired) electrons. The fourth-order valence-corrected chi connectivity index (χ4v) is 11.1. The van der Waals surface area contributed by atoms with Gasteiger partial charge >= 0.3 is 17.9 Å². The van der Waals surface area contributed by atoms with Gasteiger partial charge in [0, 0.05) is 19.3 Å². The molecule has 0 spiro atoms. The number of rotatable bonds is 67. The summed E-state index contributed by atoms with van der Waals surface area (Å²) < 4.78 is 17.0. The molecule has 0 aliphatic heterocycles. The van der Waals surface area contributed by atoms with E-state index in [1.807, 2.05) is 0 Å². The highest BCUT2D eigenvalue weighted by molar-refractivity contribution is 5.71. The fourth-order valence-electron chi connectivity index (χ4n) is 11.1. The van der Waals surface area contributed by atoms with Crippen LogP contribution in [0.25, 0.3) is 0 Å². The van der Waals surface area contributed by atoms with Crippen LogP contribution in [0, 0.1) is 0 Å². The highest BCUT2D eigenvalue weighted by Gasteiger charge is 2.19. The van der Waals surface area contributed by atoms with Gasteiger partial charge in [-0.2, -0.15) is 0 Å². The average Bonchev–Trinajstić information content (AvgIpc) is 3.45. The van der Waals surface area contributed by atoms with Gasteiger partial charge in [0.15, 0.2) is 6.10 Å². The van der Waals surface area contributed by atoms with Gasteiger partial charge < -0.3 is 14.2 Å². The Hall–Kier alpha value is -2.11. The zero-order chi connectivity index (χ0) is 57.1. The Labute approximate surface area is 493 Å². The second-order valence-corrected chi connectivity index (χ2v) is 24.5. The van der Waals surface area contributed by atoms with E-state index < -0.39 is 6.10 Å². The Balaban J connectivity index is 4.15. The van der Waals surface area contributed by atoms with Gasteiger partial charge in [0.2, 0.25) is 0 Å². The average molecular weight is 1110 g/mol. The van der Waals surface area contributed by atoms with Crippen LogP contribution in [0.3, 0.4) is 0 Å². The standard InChI is InChI=1S/C73H138O6/c1-4-7-10-13-16-19-22-25-28-30-31-32-33-34-35-36-37-38-39-40-41-42-43-46-48-51-54-57-60-63-66-72(75)78-69-70(68-77-71(74)65-62-59-56-53-50-47-44-27-24-21-18-15-12-9-6-3)79-73(76)67-64-61-58-55-52-49-45-29-26-23-20-17-14-11-8-5-2/h18,21,27,44,70H,4-17,19-20,22-26,28-43,45-69H2,1-3H3/b21-18-,44-27-. The molecular weight excluding hydrogens is 973 g/mol. The maximum atomic E-state index is 12.9. The van der Waals surface area contributed by atoms with Crippen molar-refractivity contribution in [3.05, 3.63) is 24.3 Å². The summed E-state index contributed by atoms with van der Waals surface area (Å²) in [7, 11) is 0. The highest BCUT2D eigenvalue weighted by Crippen LogP contribution is 2.19. The van der Waals surface area contributed by atoms with Crippen molar-refractivity contribution < 1.29 is 28.6 Å². The molecule has 0 aliphatic rings. The van der Waals surface area contributed by atoms with Crippen LogP contribution in [0.2, 0.25) is 0 Å². The molecule has 1 unspecified atom stereocenters. The molecule has 0 amide bonds. The number of esters is 3. The third kappa shape index (κ3) is 66.6. The predicted octanol–water partition coefficient (Wildman–Crippen LogP) is 24.6. The first-order chi connectivity index (χ1) is 39.0. The van der Waals surface area contributed by atoms with E-state index in [-0.39, 0.29) is 31.1 Å². The Morgan fingerprint density at radius 2 is 0.456 bits per heavy atom. The molecule has 0 aliphatic carbocycles. The summed E-state index contributed by atoms with van der Waals surface area (Å²) in [6.07, 6.45) is 83.6. The van der Waals surface area contributed by atoms with Crippen LogP contribution in [0.15, 0.2) is 24.3 Å². The lowest BCUT2D eigenvalue weighted by molar-refractivity contribution is -0.167. The van der Waals surface area contributed by atoms with Crippen LogP contribution >= 0.6 is 0 Å². The normalized spacial score (nSPS) is 12.1. The summed E-state index contributed by atoms with van der Waals surface area (Å²) in [6, 6.07) is 0. The topological polar surface area (TPSA) is 78.9 Å². The molecule has 1 atom stereocenters. The molecule has 0 fully saturated rings. The quantitative estimate of drug-likeness (QED) is 0.0261. The predicted molar refractivity (Wildman–Crippen MR) is 344 cm³/mol. The molecule has 0 heterocycles. The summed E-state index contributed by atoms with van der Waals surface area (Å²) in [4.78, 5) is 38.4. The Morgan fingerprint density at radius 3 is 0.722 bits per heavy atom. The van der Waals surface area contributed by atoms with Crippen LogP contribution < -0.4 is 0 Å². The van der Waals surface area contributed by atoms with Crippen molar-refractivity contribution in [2.75, 3.05) is 13.2 Å². The number of hydrogen-bond donors (Lipinski definition) is 0. The first-order valence-electron chi connectivity index (χ1n) is 35.8. The van der Waals surface area contributed by atoms with Crippen LogP contribution in [-0.4, -0.2) is 37.2 Å². The van der Waals surface area contributed by atoms with Gasteiger partial charge in [-0.05, 0) is 51.4 Å². The van der Waals surface area contributed by atoms with Crippen LogP contribution in [0.5, 0.6) is 0 Å². The summed E-state index contributed by atoms with van der Waals surface area (Å²) in [6.45, 7) is 6.68. The van der Waals surface area contributed by atoms with E-state index >= 15 is 0 Å². The van der Waals surface area contributed by atoms with Gasteiger partial charge in [-0.25, -0.2) is 0 Å². The maximum Gasteiger partial charge on any atom is 0.306 e. The minimum absolute atomic E-state index is 0.0694. The second kappa shape index (κ2) is 68.4. The number of carbonyl (C=O) groups excluding carboxylic acids is 3. The molecule has 0 rings (SSSR count). The van der Waals surface area contributed by atoms with Gasteiger partial charge in [-0.1, -0.05) is 360 Å². The van der Waals surface area contributed by atoms with E-state index in [1.54, 1.807) is 0 Å². The molecular formula is C73H138O6. The maximum absolute atomic E-state index is 12.9. The molecule has 0 bridgehead atoms. The highest BCUT2D eigenvalue weighted by atomic mass is 16.6. The van der Waals surface area contributed by atoms with E-state index in [9.17, 15) is 14.4 Å². The van der Waals surface area contributed by atoms with Crippen LogP contribution in [0.4, 0.5) is 0 Å². The Kier molecular flexibility index (Phi) is 66.6. The molecule has 466 valence electrons. The van der Waals surface area contributed by atoms with Crippen LogP contribution in [0.1, 0.15) is 406 Å². The lowest BCUT2D eigenvalue weighted by atomic mass is 10.0. The fraction of sp³-hybridized carbons (Fsp3) is 0.904. The lowest BCUT2D eigenvalue weighted by Gasteiger charge is -2.18. The molecule has 0 N–H and O–H groups in total.